The second-order valence-electron chi connectivity index (χ2n) is 6.71. The molecule has 1 aliphatic rings. The molecule has 0 unspecified atom stereocenters. The zero-order valence-electron chi connectivity index (χ0n) is 15.9. The number of carbonyl (C=O) groups is 2. The van der Waals surface area contributed by atoms with Crippen molar-refractivity contribution < 1.29 is 14.3 Å². The topological polar surface area (TPSA) is 59.5 Å². The summed E-state index contributed by atoms with van der Waals surface area (Å²) in [7, 11) is 0. The van der Waals surface area contributed by atoms with Crippen molar-refractivity contribution in [2.45, 2.75) is 36.8 Å². The van der Waals surface area contributed by atoms with Gasteiger partial charge in [-0.05, 0) is 50.6 Å². The van der Waals surface area contributed by atoms with Gasteiger partial charge >= 0.3 is 0 Å². The van der Waals surface area contributed by atoms with Crippen LogP contribution in [0.25, 0.3) is 10.2 Å². The number of imide groups is 1. The summed E-state index contributed by atoms with van der Waals surface area (Å²) < 4.78 is 7.34. The molecule has 144 valence electrons. The Kier molecular flexibility index (Phi) is 5.12. The highest BCUT2D eigenvalue weighted by Crippen LogP contribution is 2.39. The number of nitrogens with zero attached hydrogens (tertiary/aromatic N) is 2. The van der Waals surface area contributed by atoms with E-state index in [-0.39, 0.29) is 18.2 Å². The van der Waals surface area contributed by atoms with Crippen LogP contribution in [-0.2, 0) is 9.59 Å². The highest BCUT2D eigenvalue weighted by Gasteiger charge is 2.41. The van der Waals surface area contributed by atoms with Gasteiger partial charge in [0.15, 0.2) is 4.34 Å². The largest absolute Gasteiger partial charge is 0.494 e. The predicted molar refractivity (Wildman–Crippen MR) is 113 cm³/mol. The Morgan fingerprint density at radius 2 is 2.04 bits per heavy atom. The first-order chi connectivity index (χ1) is 13.5. The molecule has 0 aliphatic carbocycles. The predicted octanol–water partition coefficient (Wildman–Crippen LogP) is 4.74. The molecule has 0 spiro atoms. The van der Waals surface area contributed by atoms with E-state index in [2.05, 4.69) is 4.98 Å². The van der Waals surface area contributed by atoms with Crippen molar-refractivity contribution in [3.05, 3.63) is 47.5 Å². The average Bonchev–Trinajstić information content (AvgIpc) is 3.16. The molecular weight excluding hydrogens is 392 g/mol. The summed E-state index contributed by atoms with van der Waals surface area (Å²) in [6, 6.07) is 11.5. The fourth-order valence-corrected chi connectivity index (χ4v) is 5.68. The van der Waals surface area contributed by atoms with E-state index in [1.807, 2.05) is 57.2 Å². The number of thiazole rings is 1. The zero-order valence-corrected chi connectivity index (χ0v) is 17.5. The molecule has 1 saturated heterocycles. The summed E-state index contributed by atoms with van der Waals surface area (Å²) in [6.45, 7) is 6.47. The molecule has 28 heavy (non-hydrogen) atoms. The van der Waals surface area contributed by atoms with Crippen LogP contribution < -0.4 is 9.64 Å². The number of fused-ring (bicyclic) bond motifs is 1. The van der Waals surface area contributed by atoms with Crippen LogP contribution in [0.15, 0.2) is 40.7 Å². The average molecular weight is 413 g/mol. The monoisotopic (exact) mass is 412 g/mol. The van der Waals surface area contributed by atoms with Crippen molar-refractivity contribution in [1.29, 1.82) is 0 Å². The molecule has 0 bridgehead atoms. The van der Waals surface area contributed by atoms with Gasteiger partial charge in [-0.2, -0.15) is 0 Å². The van der Waals surface area contributed by atoms with Gasteiger partial charge in [-0.1, -0.05) is 29.5 Å². The molecule has 1 fully saturated rings. The molecule has 2 aromatic carbocycles. The maximum Gasteiger partial charge on any atom is 0.247 e. The van der Waals surface area contributed by atoms with Crippen LogP contribution in [0, 0.1) is 13.8 Å². The Labute approximate surface area is 171 Å². The maximum absolute atomic E-state index is 13.0. The highest BCUT2D eigenvalue weighted by atomic mass is 32.2. The Hall–Kier alpha value is -2.38. The number of aromatic nitrogens is 1. The van der Waals surface area contributed by atoms with E-state index in [4.69, 9.17) is 4.74 Å². The lowest BCUT2D eigenvalue weighted by atomic mass is 10.1. The molecular formula is C21H20N2O3S2. The minimum Gasteiger partial charge on any atom is -0.494 e. The smallest absolute Gasteiger partial charge is 0.247 e. The summed E-state index contributed by atoms with van der Waals surface area (Å²) in [5.41, 5.74) is 3.58. The van der Waals surface area contributed by atoms with Gasteiger partial charge in [0.05, 0.1) is 22.5 Å². The number of hydrogen-bond acceptors (Lipinski definition) is 6. The summed E-state index contributed by atoms with van der Waals surface area (Å²) in [6.07, 6.45) is 0.191. The van der Waals surface area contributed by atoms with Crippen LogP contribution in [0.1, 0.15) is 24.5 Å². The van der Waals surface area contributed by atoms with E-state index in [0.717, 1.165) is 31.4 Å². The number of carbonyl (C=O) groups excluding carboxylic acids is 2. The van der Waals surface area contributed by atoms with E-state index in [1.54, 1.807) is 0 Å². The van der Waals surface area contributed by atoms with Crippen molar-refractivity contribution in [3.8, 4) is 5.75 Å². The van der Waals surface area contributed by atoms with Gasteiger partial charge in [-0.3, -0.25) is 9.59 Å². The molecule has 0 N–H and O–H groups in total. The van der Waals surface area contributed by atoms with E-state index < -0.39 is 5.25 Å². The third-order valence-corrected chi connectivity index (χ3v) is 6.89. The molecule has 7 heteroatoms. The lowest BCUT2D eigenvalue weighted by Gasteiger charge is -2.17. The number of amides is 2. The lowest BCUT2D eigenvalue weighted by molar-refractivity contribution is -0.121. The minimum atomic E-state index is -0.444. The fourth-order valence-electron chi connectivity index (χ4n) is 3.32. The molecule has 0 radical (unpaired) electrons. The third kappa shape index (κ3) is 3.52. The minimum absolute atomic E-state index is 0.158. The SMILES string of the molecule is CCOc1ccc2nc(S[C@@H]3CC(=O)N(c4ccc(C)cc4C)C3=O)sc2c1. The van der Waals surface area contributed by atoms with Gasteiger partial charge < -0.3 is 4.74 Å². The Balaban J connectivity index is 1.56. The second kappa shape index (κ2) is 7.56. The van der Waals surface area contributed by atoms with Gasteiger partial charge in [0.25, 0.3) is 0 Å². The Morgan fingerprint density at radius 1 is 1.21 bits per heavy atom. The molecule has 1 aromatic heterocycles. The number of ether oxygens (including phenoxy) is 1. The van der Waals surface area contributed by atoms with Gasteiger partial charge in [-0.25, -0.2) is 9.88 Å². The Morgan fingerprint density at radius 3 is 2.79 bits per heavy atom. The zero-order chi connectivity index (χ0) is 19.8. The van der Waals surface area contributed by atoms with Crippen LogP contribution in [0.3, 0.4) is 0 Å². The first-order valence-electron chi connectivity index (χ1n) is 9.10. The first-order valence-corrected chi connectivity index (χ1v) is 10.8. The van der Waals surface area contributed by atoms with E-state index >= 15 is 0 Å². The molecule has 4 rings (SSSR count). The van der Waals surface area contributed by atoms with Crippen molar-refractivity contribution >= 4 is 50.8 Å². The lowest BCUT2D eigenvalue weighted by Crippen LogP contribution is -2.31. The van der Waals surface area contributed by atoms with Gasteiger partial charge in [0, 0.05) is 6.42 Å². The maximum atomic E-state index is 13.0. The summed E-state index contributed by atoms with van der Waals surface area (Å²) in [5.74, 6) is 0.480. The van der Waals surface area contributed by atoms with Crippen molar-refractivity contribution in [2.75, 3.05) is 11.5 Å². The van der Waals surface area contributed by atoms with Crippen LogP contribution in [0.5, 0.6) is 5.75 Å². The molecule has 0 saturated carbocycles. The van der Waals surface area contributed by atoms with Crippen molar-refractivity contribution in [1.82, 2.24) is 4.98 Å². The number of thioether (sulfide) groups is 1. The molecule has 2 heterocycles. The Bertz CT molecular complexity index is 1080. The normalized spacial score (nSPS) is 17.0. The molecule has 2 amide bonds. The van der Waals surface area contributed by atoms with Gasteiger partial charge in [0.2, 0.25) is 11.8 Å². The van der Waals surface area contributed by atoms with Crippen LogP contribution in [-0.4, -0.2) is 28.7 Å². The number of anilines is 1. The van der Waals surface area contributed by atoms with Gasteiger partial charge in [-0.15, -0.1) is 11.3 Å². The highest BCUT2D eigenvalue weighted by molar-refractivity contribution is 8.02. The molecule has 3 aromatic rings. The van der Waals surface area contributed by atoms with Crippen LogP contribution in [0.2, 0.25) is 0 Å². The number of benzene rings is 2. The molecule has 5 nitrogen and oxygen atoms in total. The van der Waals surface area contributed by atoms with E-state index in [1.165, 1.54) is 28.0 Å². The first kappa shape index (κ1) is 19.0. The molecule has 1 aliphatic heterocycles. The van der Waals surface area contributed by atoms with E-state index in [9.17, 15) is 9.59 Å². The summed E-state index contributed by atoms with van der Waals surface area (Å²) >= 11 is 2.89. The van der Waals surface area contributed by atoms with Gasteiger partial charge in [0.1, 0.15) is 11.0 Å². The van der Waals surface area contributed by atoms with E-state index in [0.29, 0.717) is 12.3 Å². The van der Waals surface area contributed by atoms with Crippen LogP contribution >= 0.6 is 23.1 Å². The fraction of sp³-hybridized carbons (Fsp3) is 0.286. The third-order valence-electron chi connectivity index (χ3n) is 4.59. The quantitative estimate of drug-likeness (QED) is 0.567. The summed E-state index contributed by atoms with van der Waals surface area (Å²) in [4.78, 5) is 31.5. The number of hydrogen-bond donors (Lipinski definition) is 0. The number of aryl methyl sites for hydroxylation is 2. The standard InChI is InChI=1S/C21H20N2O3S2/c1-4-26-14-6-7-15-17(10-14)27-21(22-15)28-18-11-19(24)23(20(18)25)16-8-5-12(2)9-13(16)3/h5-10,18H,4,11H2,1-3H3/t18-/m1/s1. The molecule has 1 atom stereocenters. The second-order valence-corrected chi connectivity index (χ2v) is 9.19. The van der Waals surface area contributed by atoms with Crippen LogP contribution in [0.4, 0.5) is 5.69 Å². The van der Waals surface area contributed by atoms with Crippen molar-refractivity contribution in [3.63, 3.8) is 0 Å². The number of rotatable bonds is 5. The van der Waals surface area contributed by atoms with Crippen molar-refractivity contribution in [2.24, 2.45) is 0 Å². The summed E-state index contributed by atoms with van der Waals surface area (Å²) in [5, 5.41) is -0.444.